The largest absolute Gasteiger partial charge is 0.352 e. The Morgan fingerprint density at radius 2 is 1.73 bits per heavy atom. The van der Waals surface area contributed by atoms with Crippen molar-refractivity contribution in [3.05, 3.63) is 63.6 Å². The maximum atomic E-state index is 13.5. The van der Waals surface area contributed by atoms with Gasteiger partial charge in [-0.1, -0.05) is 61.3 Å². The minimum atomic E-state index is -3.68. The number of hydrogen-bond acceptors (Lipinski definition) is 4. The van der Waals surface area contributed by atoms with Gasteiger partial charge in [-0.2, -0.15) is 0 Å². The fraction of sp³-hybridized carbons (Fsp3) is 0.481. The number of nitrogens with one attached hydrogen (secondary N) is 1. The van der Waals surface area contributed by atoms with Crippen molar-refractivity contribution in [2.75, 3.05) is 17.1 Å². The number of anilines is 1. The molecule has 7 nitrogen and oxygen atoms in total. The molecule has 2 aromatic rings. The summed E-state index contributed by atoms with van der Waals surface area (Å²) in [5.74, 6) is -0.415. The van der Waals surface area contributed by atoms with Crippen LogP contribution in [0, 0.1) is 6.92 Å². The van der Waals surface area contributed by atoms with Crippen molar-refractivity contribution in [2.45, 2.75) is 72.0 Å². The lowest BCUT2D eigenvalue weighted by molar-refractivity contribution is -0.141. The Balaban J connectivity index is 2.27. The maximum Gasteiger partial charge on any atom is 0.243 e. The van der Waals surface area contributed by atoms with Gasteiger partial charge in [-0.15, -0.1) is 0 Å². The van der Waals surface area contributed by atoms with E-state index >= 15 is 0 Å². The van der Waals surface area contributed by atoms with Crippen molar-refractivity contribution in [1.29, 1.82) is 0 Å². The molecule has 0 heterocycles. The van der Waals surface area contributed by atoms with Crippen LogP contribution in [0.4, 0.5) is 5.69 Å². The summed E-state index contributed by atoms with van der Waals surface area (Å²) in [6.45, 7) is 8.09. The summed E-state index contributed by atoms with van der Waals surface area (Å²) in [6.07, 6.45) is 2.61. The summed E-state index contributed by atoms with van der Waals surface area (Å²) in [7, 11) is -3.68. The summed E-state index contributed by atoms with van der Waals surface area (Å²) in [5.41, 5.74) is 2.24. The van der Waals surface area contributed by atoms with Gasteiger partial charge in [-0.3, -0.25) is 13.9 Å². The Morgan fingerprint density at radius 3 is 2.32 bits per heavy atom. The monoisotopic (exact) mass is 569 g/mol. The Bertz CT molecular complexity index is 1190. The molecule has 2 amide bonds. The molecule has 0 aliphatic heterocycles. The second-order valence-corrected chi connectivity index (χ2v) is 12.0. The van der Waals surface area contributed by atoms with E-state index in [1.807, 2.05) is 52.0 Å². The molecule has 2 rings (SSSR count). The lowest BCUT2D eigenvalue weighted by Crippen LogP contribution is -2.50. The van der Waals surface area contributed by atoms with Gasteiger partial charge in [0.05, 0.1) is 17.0 Å². The molecule has 204 valence electrons. The Morgan fingerprint density at radius 1 is 1.05 bits per heavy atom. The average molecular weight is 571 g/mol. The molecule has 0 spiro atoms. The summed E-state index contributed by atoms with van der Waals surface area (Å²) in [5, 5.41) is 3.59. The first-order valence-electron chi connectivity index (χ1n) is 12.5. The Labute approximate surface area is 231 Å². The van der Waals surface area contributed by atoms with Crippen LogP contribution < -0.4 is 9.62 Å². The molecule has 10 heteroatoms. The summed E-state index contributed by atoms with van der Waals surface area (Å²) < 4.78 is 26.2. The van der Waals surface area contributed by atoms with E-state index in [1.165, 1.54) is 12.1 Å². The number of carbonyl (C=O) groups is 2. The molecule has 1 N–H and O–H groups in total. The molecule has 0 aliphatic rings. The molecule has 0 fully saturated rings. The average Bonchev–Trinajstić information content (AvgIpc) is 2.83. The van der Waals surface area contributed by atoms with Crippen LogP contribution in [0.25, 0.3) is 0 Å². The Kier molecular flexibility index (Phi) is 11.7. The molecule has 37 heavy (non-hydrogen) atoms. The number of carbonyl (C=O) groups excluding carboxylic acids is 2. The highest BCUT2D eigenvalue weighted by molar-refractivity contribution is 7.92. The molecule has 2 aromatic carbocycles. The second-order valence-electron chi connectivity index (χ2n) is 9.22. The third-order valence-corrected chi connectivity index (χ3v) is 8.05. The van der Waals surface area contributed by atoms with E-state index in [1.54, 1.807) is 11.0 Å². The predicted octanol–water partition coefficient (Wildman–Crippen LogP) is 5.57. The fourth-order valence-electron chi connectivity index (χ4n) is 3.99. The molecule has 2 unspecified atom stereocenters. The van der Waals surface area contributed by atoms with Gasteiger partial charge < -0.3 is 10.2 Å². The summed E-state index contributed by atoms with van der Waals surface area (Å²) in [4.78, 5) is 28.3. The molecular weight excluding hydrogens is 533 g/mol. The van der Waals surface area contributed by atoms with Crippen LogP contribution in [0.15, 0.2) is 42.5 Å². The number of amides is 2. The van der Waals surface area contributed by atoms with Gasteiger partial charge in [-0.25, -0.2) is 8.42 Å². The van der Waals surface area contributed by atoms with Crippen LogP contribution in [0.1, 0.15) is 57.6 Å². The van der Waals surface area contributed by atoms with E-state index in [0.29, 0.717) is 11.4 Å². The first kappa shape index (κ1) is 30.9. The first-order chi connectivity index (χ1) is 17.4. The third kappa shape index (κ3) is 8.90. The molecule has 0 aromatic heterocycles. The van der Waals surface area contributed by atoms with Crippen LogP contribution in [-0.4, -0.2) is 50.0 Å². The van der Waals surface area contributed by atoms with Gasteiger partial charge >= 0.3 is 0 Å². The number of aryl methyl sites for hydroxylation is 1. The first-order valence-corrected chi connectivity index (χ1v) is 15.1. The molecule has 0 bridgehead atoms. The number of sulfonamides is 1. The molecular formula is C27H37Cl2N3O4S. The van der Waals surface area contributed by atoms with Crippen molar-refractivity contribution in [2.24, 2.45) is 0 Å². The SMILES string of the molecule is CCC(C)NC(=O)C(CC)N(Cc1ccccc1C)C(=O)CCCN(c1cc(Cl)ccc1Cl)S(C)(=O)=O. The van der Waals surface area contributed by atoms with Crippen molar-refractivity contribution in [1.82, 2.24) is 10.2 Å². The number of benzene rings is 2. The van der Waals surface area contributed by atoms with E-state index in [9.17, 15) is 18.0 Å². The van der Waals surface area contributed by atoms with E-state index in [-0.39, 0.29) is 54.5 Å². The van der Waals surface area contributed by atoms with Gasteiger partial charge in [-0.05, 0) is 62.4 Å². The van der Waals surface area contributed by atoms with E-state index < -0.39 is 16.1 Å². The van der Waals surface area contributed by atoms with Crippen LogP contribution >= 0.6 is 23.2 Å². The third-order valence-electron chi connectivity index (χ3n) is 6.32. The lowest BCUT2D eigenvalue weighted by atomic mass is 10.0. The van der Waals surface area contributed by atoms with Gasteiger partial charge in [0.25, 0.3) is 0 Å². The number of halogens is 2. The minimum Gasteiger partial charge on any atom is -0.352 e. The normalized spacial score (nSPS) is 13.1. The van der Waals surface area contributed by atoms with E-state index in [4.69, 9.17) is 23.2 Å². The lowest BCUT2D eigenvalue weighted by Gasteiger charge is -2.32. The zero-order valence-corrected chi connectivity index (χ0v) is 24.5. The highest BCUT2D eigenvalue weighted by Gasteiger charge is 2.30. The standard InChI is InChI=1S/C27H37Cl2N3O4S/c1-6-20(4)30-27(34)24(7-2)31(18-21-12-9-8-11-19(21)3)26(33)13-10-16-32(37(5,35)36)25-17-22(28)14-15-23(25)29/h8-9,11-12,14-15,17,20,24H,6-7,10,13,16,18H2,1-5H3,(H,30,34). The fourth-order valence-corrected chi connectivity index (χ4v) is 5.40. The highest BCUT2D eigenvalue weighted by Crippen LogP contribution is 2.31. The van der Waals surface area contributed by atoms with Crippen molar-refractivity contribution in [3.8, 4) is 0 Å². The van der Waals surface area contributed by atoms with E-state index in [2.05, 4.69) is 5.32 Å². The minimum absolute atomic E-state index is 0.0114. The molecule has 0 saturated carbocycles. The zero-order valence-electron chi connectivity index (χ0n) is 22.1. The zero-order chi connectivity index (χ0) is 27.8. The molecule has 2 atom stereocenters. The highest BCUT2D eigenvalue weighted by atomic mass is 35.5. The number of nitrogens with zero attached hydrogens (tertiary/aromatic N) is 2. The van der Waals surface area contributed by atoms with Crippen molar-refractivity contribution in [3.63, 3.8) is 0 Å². The van der Waals surface area contributed by atoms with Crippen LogP contribution in [0.5, 0.6) is 0 Å². The maximum absolute atomic E-state index is 13.5. The smallest absolute Gasteiger partial charge is 0.243 e. The molecule has 0 saturated heterocycles. The quantitative estimate of drug-likeness (QED) is 0.341. The van der Waals surface area contributed by atoms with Crippen LogP contribution in [0.2, 0.25) is 10.0 Å². The van der Waals surface area contributed by atoms with Crippen LogP contribution in [-0.2, 0) is 26.2 Å². The van der Waals surface area contributed by atoms with Gasteiger partial charge in [0.1, 0.15) is 6.04 Å². The van der Waals surface area contributed by atoms with Crippen molar-refractivity contribution < 1.29 is 18.0 Å². The molecule has 0 aliphatic carbocycles. The van der Waals surface area contributed by atoms with Crippen molar-refractivity contribution >= 4 is 50.7 Å². The second kappa shape index (κ2) is 14.0. The molecule has 0 radical (unpaired) electrons. The topological polar surface area (TPSA) is 86.8 Å². The Hall–Kier alpha value is -2.29. The number of rotatable bonds is 13. The van der Waals surface area contributed by atoms with E-state index in [0.717, 1.165) is 28.1 Å². The van der Waals surface area contributed by atoms with Gasteiger partial charge in [0.15, 0.2) is 0 Å². The van der Waals surface area contributed by atoms with Gasteiger partial charge in [0, 0.05) is 30.6 Å². The van der Waals surface area contributed by atoms with Gasteiger partial charge in [0.2, 0.25) is 21.8 Å². The summed E-state index contributed by atoms with van der Waals surface area (Å²) in [6, 6.07) is 11.7. The predicted molar refractivity (Wildman–Crippen MR) is 152 cm³/mol. The number of hydrogen-bond donors (Lipinski definition) is 1. The summed E-state index contributed by atoms with van der Waals surface area (Å²) >= 11 is 12.3. The van der Waals surface area contributed by atoms with Crippen LogP contribution in [0.3, 0.4) is 0 Å².